The van der Waals surface area contributed by atoms with Crippen molar-refractivity contribution in [1.29, 1.82) is 0 Å². The van der Waals surface area contributed by atoms with Gasteiger partial charge in [-0.3, -0.25) is 0 Å². The predicted octanol–water partition coefficient (Wildman–Crippen LogP) is 5.08. The Hall–Kier alpha value is -3.32. The minimum atomic E-state index is -3.93. The highest BCUT2D eigenvalue weighted by atomic mass is 32.2. The summed E-state index contributed by atoms with van der Waals surface area (Å²) in [6, 6.07) is 17.0. The Labute approximate surface area is 161 Å². The van der Waals surface area contributed by atoms with Crippen LogP contribution in [0, 0.1) is 6.92 Å². The van der Waals surface area contributed by atoms with Crippen molar-refractivity contribution in [2.75, 3.05) is 7.11 Å². The van der Waals surface area contributed by atoms with E-state index >= 15 is 0 Å². The molecule has 0 fully saturated rings. The van der Waals surface area contributed by atoms with E-state index in [1.54, 1.807) is 25.1 Å². The van der Waals surface area contributed by atoms with E-state index in [4.69, 9.17) is 9.15 Å². The molecule has 0 radical (unpaired) electrons. The maximum atomic E-state index is 12.8. The molecule has 0 saturated carbocycles. The van der Waals surface area contributed by atoms with Crippen LogP contribution in [0.4, 0.5) is 5.69 Å². The molecule has 0 saturated heterocycles. The molecule has 3 aromatic carbocycles. The zero-order chi connectivity index (χ0) is 19.9. The number of sulfonamides is 1. The number of hydrogen-bond acceptors (Lipinski definition) is 5. The first-order valence-corrected chi connectivity index (χ1v) is 9.91. The van der Waals surface area contributed by atoms with Gasteiger partial charge >= 0.3 is 5.97 Å². The third-order valence-electron chi connectivity index (χ3n) is 4.48. The zero-order valence-electron chi connectivity index (χ0n) is 15.2. The van der Waals surface area contributed by atoms with Gasteiger partial charge in [0.25, 0.3) is 0 Å². The molecular weight excluding hydrogens is 378 g/mol. The maximum Gasteiger partial charge on any atom is 0.342 e. The fourth-order valence-electron chi connectivity index (χ4n) is 3.14. The number of methoxy groups -OCH3 is 1. The number of nitrogens with zero attached hydrogens (tertiary/aromatic N) is 1. The summed E-state index contributed by atoms with van der Waals surface area (Å²) < 4.78 is 39.8. The van der Waals surface area contributed by atoms with E-state index in [-0.39, 0.29) is 16.1 Å². The van der Waals surface area contributed by atoms with Crippen LogP contribution < -0.4 is 0 Å². The highest BCUT2D eigenvalue weighted by molar-refractivity contribution is 7.94. The van der Waals surface area contributed by atoms with Crippen molar-refractivity contribution < 1.29 is 22.4 Å². The molecule has 0 N–H and O–H groups in total. The number of ether oxygens (including phenoxy) is 1. The SMILES string of the molecule is COC(=O)c1c(C)oc2ccc([N-]S(=O)(=O)c3ccc4ccccc4c3)cc12. The summed E-state index contributed by atoms with van der Waals surface area (Å²) in [5.74, 6) is -0.151. The number of benzene rings is 3. The molecule has 0 aliphatic heterocycles. The van der Waals surface area contributed by atoms with E-state index in [1.807, 2.05) is 24.3 Å². The van der Waals surface area contributed by atoms with Crippen LogP contribution in [-0.4, -0.2) is 21.5 Å². The first-order valence-electron chi connectivity index (χ1n) is 8.47. The minimum absolute atomic E-state index is 0.0999. The lowest BCUT2D eigenvalue weighted by molar-refractivity contribution is 0.0600. The second-order valence-corrected chi connectivity index (χ2v) is 7.88. The molecule has 0 aliphatic carbocycles. The van der Waals surface area contributed by atoms with E-state index in [2.05, 4.69) is 4.72 Å². The smallest absolute Gasteiger partial charge is 0.342 e. The van der Waals surface area contributed by atoms with Crippen molar-refractivity contribution in [1.82, 2.24) is 0 Å². The standard InChI is InChI=1S/C21H16NO5S/c1-13-20(21(23)26-2)18-12-16(8-10-19(18)27-13)22-28(24,25)17-9-7-14-5-3-4-6-15(14)11-17/h3-12H,1-2H3/q-1. The van der Waals surface area contributed by atoms with Crippen LogP contribution in [0.25, 0.3) is 26.5 Å². The van der Waals surface area contributed by atoms with Crippen LogP contribution in [0.1, 0.15) is 16.1 Å². The van der Waals surface area contributed by atoms with Crippen LogP contribution in [-0.2, 0) is 14.8 Å². The lowest BCUT2D eigenvalue weighted by atomic mass is 10.1. The van der Waals surface area contributed by atoms with Crippen molar-refractivity contribution in [3.05, 3.63) is 76.7 Å². The minimum Gasteiger partial charge on any atom is -0.573 e. The Morgan fingerprint density at radius 1 is 1.00 bits per heavy atom. The van der Waals surface area contributed by atoms with Gasteiger partial charge in [0, 0.05) is 5.39 Å². The van der Waals surface area contributed by atoms with E-state index < -0.39 is 16.0 Å². The summed E-state index contributed by atoms with van der Waals surface area (Å²) in [6.07, 6.45) is 0. The van der Waals surface area contributed by atoms with E-state index in [9.17, 15) is 13.2 Å². The Kier molecular flexibility index (Phi) is 4.31. The predicted molar refractivity (Wildman–Crippen MR) is 106 cm³/mol. The number of furan rings is 1. The van der Waals surface area contributed by atoms with E-state index in [0.717, 1.165) is 10.8 Å². The molecule has 0 amide bonds. The summed E-state index contributed by atoms with van der Waals surface area (Å²) in [5, 5.41) is 2.21. The quantitative estimate of drug-likeness (QED) is 0.451. The van der Waals surface area contributed by atoms with Crippen LogP contribution >= 0.6 is 0 Å². The van der Waals surface area contributed by atoms with Crippen molar-refractivity contribution in [3.63, 3.8) is 0 Å². The van der Waals surface area contributed by atoms with Gasteiger partial charge in [-0.1, -0.05) is 42.5 Å². The molecule has 28 heavy (non-hydrogen) atoms. The number of carbonyl (C=O) groups excluding carboxylic acids is 1. The van der Waals surface area contributed by atoms with E-state index in [1.165, 1.54) is 25.3 Å². The highest BCUT2D eigenvalue weighted by Crippen LogP contribution is 2.34. The molecule has 1 heterocycles. The molecule has 4 rings (SSSR count). The first-order chi connectivity index (χ1) is 13.4. The normalized spacial score (nSPS) is 11.6. The fourth-order valence-corrected chi connectivity index (χ4v) is 4.15. The number of rotatable bonds is 4. The number of carbonyl (C=O) groups is 1. The van der Waals surface area contributed by atoms with Crippen LogP contribution in [0.3, 0.4) is 0 Å². The Morgan fingerprint density at radius 3 is 2.50 bits per heavy atom. The molecule has 1 aromatic heterocycles. The van der Waals surface area contributed by atoms with Gasteiger partial charge in [-0.15, -0.1) is 5.69 Å². The highest BCUT2D eigenvalue weighted by Gasteiger charge is 2.18. The largest absolute Gasteiger partial charge is 0.573 e. The van der Waals surface area contributed by atoms with Gasteiger partial charge in [0.05, 0.1) is 12.0 Å². The summed E-state index contributed by atoms with van der Waals surface area (Å²) in [4.78, 5) is 12.1. The second-order valence-electron chi connectivity index (χ2n) is 6.28. The van der Waals surface area contributed by atoms with Gasteiger partial charge in [0.15, 0.2) is 0 Å². The third kappa shape index (κ3) is 3.10. The molecule has 0 aliphatic rings. The van der Waals surface area contributed by atoms with Crippen molar-refractivity contribution in [2.24, 2.45) is 0 Å². The van der Waals surface area contributed by atoms with Crippen LogP contribution in [0.5, 0.6) is 0 Å². The van der Waals surface area contributed by atoms with Crippen molar-refractivity contribution >= 4 is 43.4 Å². The maximum absolute atomic E-state index is 12.8. The molecule has 0 spiro atoms. The fraction of sp³-hybridized carbons (Fsp3) is 0.0952. The second kappa shape index (κ2) is 6.69. The molecule has 7 heteroatoms. The summed E-state index contributed by atoms with van der Waals surface area (Å²) in [6.45, 7) is 1.65. The monoisotopic (exact) mass is 394 g/mol. The lowest BCUT2D eigenvalue weighted by Crippen LogP contribution is -2.01. The Morgan fingerprint density at radius 2 is 1.75 bits per heavy atom. The van der Waals surface area contributed by atoms with Crippen LogP contribution in [0.15, 0.2) is 70.0 Å². The Bertz CT molecular complexity index is 1320. The topological polar surface area (TPSA) is 87.7 Å². The molecule has 6 nitrogen and oxygen atoms in total. The molecule has 0 bridgehead atoms. The zero-order valence-corrected chi connectivity index (χ0v) is 16.0. The van der Waals surface area contributed by atoms with Crippen LogP contribution in [0.2, 0.25) is 0 Å². The van der Waals surface area contributed by atoms with Gasteiger partial charge in [-0.25, -0.2) is 13.2 Å². The average Bonchev–Trinajstić information content (AvgIpc) is 3.01. The first kappa shape index (κ1) is 18.1. The number of aryl methyl sites for hydroxylation is 1. The van der Waals surface area contributed by atoms with E-state index in [0.29, 0.717) is 16.7 Å². The summed E-state index contributed by atoms with van der Waals surface area (Å²) in [7, 11) is -2.65. The van der Waals surface area contributed by atoms with Gasteiger partial charge in [-0.2, -0.15) is 0 Å². The molecular formula is C21H16NO5S-. The van der Waals surface area contributed by atoms with Gasteiger partial charge in [0.2, 0.25) is 0 Å². The van der Waals surface area contributed by atoms with Gasteiger partial charge < -0.3 is 13.9 Å². The molecule has 0 unspecified atom stereocenters. The Balaban J connectivity index is 1.74. The van der Waals surface area contributed by atoms with Crippen molar-refractivity contribution in [3.8, 4) is 0 Å². The van der Waals surface area contributed by atoms with Crippen molar-refractivity contribution in [2.45, 2.75) is 11.8 Å². The molecule has 0 atom stereocenters. The summed E-state index contributed by atoms with van der Waals surface area (Å²) >= 11 is 0. The van der Waals surface area contributed by atoms with Gasteiger partial charge in [-0.05, 0) is 35.9 Å². The van der Waals surface area contributed by atoms with Gasteiger partial charge in [0.1, 0.15) is 26.9 Å². The number of hydrogen-bond donors (Lipinski definition) is 0. The number of esters is 1. The summed E-state index contributed by atoms with van der Waals surface area (Å²) in [5.41, 5.74) is 0.921. The third-order valence-corrected chi connectivity index (χ3v) is 5.78. The lowest BCUT2D eigenvalue weighted by Gasteiger charge is -2.22. The molecule has 142 valence electrons. The average molecular weight is 394 g/mol. The molecule has 4 aromatic rings. The number of fused-ring (bicyclic) bond motifs is 2.